The van der Waals surface area contributed by atoms with Crippen LogP contribution >= 0.6 is 0 Å². The normalized spacial score (nSPS) is 11.5. The van der Waals surface area contributed by atoms with Gasteiger partial charge in [-0.2, -0.15) is 0 Å². The highest BCUT2D eigenvalue weighted by molar-refractivity contribution is 6.12. The minimum absolute atomic E-state index is 0.908. The lowest BCUT2D eigenvalue weighted by molar-refractivity contribution is 0.669. The minimum atomic E-state index is 0.908. The Morgan fingerprint density at radius 1 is 0.275 bits per heavy atom. The average Bonchev–Trinajstić information content (AvgIpc) is 3.98. The molecule has 0 radical (unpaired) electrons. The monoisotopic (exact) mass is 880 g/mol. The predicted molar refractivity (Wildman–Crippen MR) is 290 cm³/mol. The molecule has 2 aromatic heterocycles. The Balaban J connectivity index is 0.794. The molecule has 3 nitrogen and oxygen atoms in total. The van der Waals surface area contributed by atoms with E-state index in [9.17, 15) is 0 Å². The van der Waals surface area contributed by atoms with Gasteiger partial charge in [-0.15, -0.1) is 0 Å². The quantitative estimate of drug-likeness (QED) is 0.144. The average molecular weight is 881 g/mol. The van der Waals surface area contributed by atoms with Crippen LogP contribution in [0.25, 0.3) is 105 Å². The van der Waals surface area contributed by atoms with Gasteiger partial charge in [0.25, 0.3) is 0 Å². The first-order valence-corrected chi connectivity index (χ1v) is 23.6. The van der Waals surface area contributed by atoms with E-state index in [-0.39, 0.29) is 0 Å². The van der Waals surface area contributed by atoms with Crippen molar-refractivity contribution in [3.8, 4) is 61.3 Å². The van der Waals surface area contributed by atoms with Crippen LogP contribution in [-0.2, 0) is 0 Å². The van der Waals surface area contributed by atoms with Gasteiger partial charge in [0.2, 0.25) is 0 Å². The lowest BCUT2D eigenvalue weighted by Gasteiger charge is -2.28. The van der Waals surface area contributed by atoms with Gasteiger partial charge in [-0.25, -0.2) is 0 Å². The number of furan rings is 1. The molecular weight excluding hydrogens is 837 g/mol. The van der Waals surface area contributed by atoms with Crippen molar-refractivity contribution in [2.45, 2.75) is 0 Å². The van der Waals surface area contributed by atoms with Crippen LogP contribution in [-0.4, -0.2) is 4.57 Å². The summed E-state index contributed by atoms with van der Waals surface area (Å²) in [5, 5.41) is 4.83. The molecule has 0 bridgehead atoms. The molecular formula is C66H44N2O. The van der Waals surface area contributed by atoms with E-state index in [4.69, 9.17) is 4.42 Å². The van der Waals surface area contributed by atoms with Gasteiger partial charge in [0, 0.05) is 44.2 Å². The first-order valence-electron chi connectivity index (χ1n) is 23.6. The number of anilines is 3. The molecule has 0 aliphatic rings. The van der Waals surface area contributed by atoms with Gasteiger partial charge >= 0.3 is 0 Å². The maximum Gasteiger partial charge on any atom is 0.136 e. The first-order chi connectivity index (χ1) is 34.2. The van der Waals surface area contributed by atoms with Crippen molar-refractivity contribution in [1.29, 1.82) is 0 Å². The Morgan fingerprint density at radius 2 is 0.681 bits per heavy atom. The molecule has 0 saturated carbocycles. The number of hydrogen-bond donors (Lipinski definition) is 0. The molecule has 0 unspecified atom stereocenters. The molecule has 3 heteroatoms. The molecule has 13 rings (SSSR count). The van der Waals surface area contributed by atoms with Gasteiger partial charge in [0.15, 0.2) is 0 Å². The Kier molecular flexibility index (Phi) is 9.84. The van der Waals surface area contributed by atoms with Crippen molar-refractivity contribution in [3.63, 3.8) is 0 Å². The summed E-state index contributed by atoms with van der Waals surface area (Å²) in [6, 6.07) is 96.0. The number of hydrogen-bond acceptors (Lipinski definition) is 2. The van der Waals surface area contributed by atoms with E-state index in [1.807, 2.05) is 12.1 Å². The number of aromatic nitrogens is 1. The Hall–Kier alpha value is -9.18. The zero-order chi connectivity index (χ0) is 45.7. The van der Waals surface area contributed by atoms with E-state index in [1.54, 1.807) is 0 Å². The van der Waals surface area contributed by atoms with Crippen LogP contribution in [0.3, 0.4) is 0 Å². The Morgan fingerprint density at radius 3 is 1.26 bits per heavy atom. The SMILES string of the molecule is c1ccc(-c2ccccc2N(c2ccc(-c3ccc(-c4ccc(-n5c6ccccc6c6ccccc65)cc4)cc3)cc2)c2ccc(-c3ccc(-c4cccc5oc6ccccc6c45)cc3)cc2)cc1. The minimum Gasteiger partial charge on any atom is -0.456 e. The van der Waals surface area contributed by atoms with E-state index in [1.165, 1.54) is 60.8 Å². The van der Waals surface area contributed by atoms with Crippen molar-refractivity contribution in [3.05, 3.63) is 267 Å². The van der Waals surface area contributed by atoms with Crippen LogP contribution in [0.5, 0.6) is 0 Å². The molecule has 69 heavy (non-hydrogen) atoms. The fourth-order valence-electron chi connectivity index (χ4n) is 10.3. The van der Waals surface area contributed by atoms with Crippen LogP contribution in [0.4, 0.5) is 17.1 Å². The maximum absolute atomic E-state index is 6.20. The van der Waals surface area contributed by atoms with Crippen LogP contribution in [0.1, 0.15) is 0 Å². The van der Waals surface area contributed by atoms with E-state index < -0.39 is 0 Å². The topological polar surface area (TPSA) is 21.3 Å². The molecule has 0 amide bonds. The molecule has 13 aromatic rings. The molecule has 0 aliphatic carbocycles. The standard InChI is InChI=1S/C66H44N2O/c1-2-13-51(14-3-1)56-15-4-8-20-61(56)67(54-41-35-49(36-42-54)47-29-31-52(32-30-47)57-19-12-24-65-66(57)60-18-7-11-23-64(60)69-65)53-39-33-48(34-40-53)45-25-27-46(28-26-45)50-37-43-55(44-38-50)68-62-21-9-5-16-58(62)59-17-6-10-22-63(59)68/h1-44H. The van der Waals surface area contributed by atoms with Crippen molar-refractivity contribution in [1.82, 2.24) is 4.57 Å². The fourth-order valence-corrected chi connectivity index (χ4v) is 10.3. The summed E-state index contributed by atoms with van der Waals surface area (Å²) in [5.41, 5.74) is 20.4. The molecule has 0 spiro atoms. The van der Waals surface area contributed by atoms with Gasteiger partial charge in [0.1, 0.15) is 11.2 Å². The summed E-state index contributed by atoms with van der Waals surface area (Å²) < 4.78 is 8.57. The van der Waals surface area contributed by atoms with Crippen LogP contribution in [0, 0.1) is 0 Å². The number of benzene rings is 11. The van der Waals surface area contributed by atoms with Crippen LogP contribution < -0.4 is 4.90 Å². The molecule has 0 N–H and O–H groups in total. The highest BCUT2D eigenvalue weighted by Crippen LogP contribution is 2.43. The highest BCUT2D eigenvalue weighted by Gasteiger charge is 2.19. The zero-order valence-corrected chi connectivity index (χ0v) is 37.7. The van der Waals surface area contributed by atoms with Crippen LogP contribution in [0.2, 0.25) is 0 Å². The van der Waals surface area contributed by atoms with E-state index >= 15 is 0 Å². The third-order valence-electron chi connectivity index (χ3n) is 13.7. The third kappa shape index (κ3) is 7.16. The van der Waals surface area contributed by atoms with Gasteiger partial charge in [-0.05, 0) is 117 Å². The number of fused-ring (bicyclic) bond motifs is 6. The first kappa shape index (κ1) is 40.1. The Labute approximate surface area is 401 Å². The molecule has 2 heterocycles. The second-order valence-electron chi connectivity index (χ2n) is 17.7. The maximum atomic E-state index is 6.20. The summed E-state index contributed by atoms with van der Waals surface area (Å²) in [5.74, 6) is 0. The van der Waals surface area contributed by atoms with Crippen molar-refractivity contribution in [2.75, 3.05) is 4.90 Å². The summed E-state index contributed by atoms with van der Waals surface area (Å²) in [6.07, 6.45) is 0. The van der Waals surface area contributed by atoms with Crippen molar-refractivity contribution in [2.24, 2.45) is 0 Å². The number of nitrogens with zero attached hydrogens (tertiary/aromatic N) is 2. The van der Waals surface area contributed by atoms with Gasteiger partial charge in [-0.3, -0.25) is 0 Å². The van der Waals surface area contributed by atoms with E-state index in [0.717, 1.165) is 61.4 Å². The van der Waals surface area contributed by atoms with E-state index in [0.29, 0.717) is 0 Å². The van der Waals surface area contributed by atoms with Gasteiger partial charge < -0.3 is 13.9 Å². The molecule has 0 atom stereocenters. The van der Waals surface area contributed by atoms with Crippen LogP contribution in [0.15, 0.2) is 271 Å². The molecule has 324 valence electrons. The summed E-state index contributed by atoms with van der Waals surface area (Å²) >= 11 is 0. The van der Waals surface area contributed by atoms with Gasteiger partial charge in [0.05, 0.1) is 16.7 Å². The number of para-hydroxylation sites is 4. The molecule has 11 aromatic carbocycles. The predicted octanol–water partition coefficient (Wildman–Crippen LogP) is 18.5. The highest BCUT2D eigenvalue weighted by atomic mass is 16.3. The fraction of sp³-hybridized carbons (Fsp3) is 0. The largest absolute Gasteiger partial charge is 0.456 e. The Bertz CT molecular complexity index is 3910. The summed E-state index contributed by atoms with van der Waals surface area (Å²) in [7, 11) is 0. The number of rotatable bonds is 9. The van der Waals surface area contributed by atoms with Gasteiger partial charge in [-0.1, -0.05) is 200 Å². The van der Waals surface area contributed by atoms with Crippen molar-refractivity contribution >= 4 is 60.8 Å². The van der Waals surface area contributed by atoms with E-state index in [2.05, 4.69) is 264 Å². The van der Waals surface area contributed by atoms with Crippen molar-refractivity contribution < 1.29 is 4.42 Å². The summed E-state index contributed by atoms with van der Waals surface area (Å²) in [6.45, 7) is 0. The molecule has 0 saturated heterocycles. The lowest BCUT2D eigenvalue weighted by Crippen LogP contribution is -2.11. The third-order valence-corrected chi connectivity index (χ3v) is 13.7. The molecule has 0 fully saturated rings. The second-order valence-corrected chi connectivity index (χ2v) is 17.7. The smallest absolute Gasteiger partial charge is 0.136 e. The lowest BCUT2D eigenvalue weighted by atomic mass is 9.96. The summed E-state index contributed by atoms with van der Waals surface area (Å²) in [4.78, 5) is 2.38. The zero-order valence-electron chi connectivity index (χ0n) is 37.7. The second kappa shape index (κ2) is 16.9. The molecule has 0 aliphatic heterocycles.